The highest BCUT2D eigenvalue weighted by Crippen LogP contribution is 2.72. The van der Waals surface area contributed by atoms with Gasteiger partial charge in [0.1, 0.15) is 11.7 Å². The second-order valence-corrected chi connectivity index (χ2v) is 12.3. The number of aliphatic hydroxyl groups is 1. The van der Waals surface area contributed by atoms with Crippen molar-refractivity contribution < 1.29 is 28.9 Å². The molecule has 190 valence electrons. The number of allylic oxidation sites excluding steroid dienone is 2. The number of esters is 1. The van der Waals surface area contributed by atoms with Crippen LogP contribution in [0.4, 0.5) is 0 Å². The monoisotopic (exact) mass is 482 g/mol. The molecule has 6 nitrogen and oxygen atoms in total. The molecule has 2 heterocycles. The first kappa shape index (κ1) is 23.6. The van der Waals surface area contributed by atoms with E-state index >= 15 is 0 Å². The molecule has 35 heavy (non-hydrogen) atoms. The van der Waals surface area contributed by atoms with Crippen molar-refractivity contribution >= 4 is 11.8 Å². The van der Waals surface area contributed by atoms with E-state index in [4.69, 9.17) is 14.2 Å². The normalized spacial score (nSPS) is 50.8. The first-order chi connectivity index (χ1) is 16.6. The molecule has 0 amide bonds. The predicted molar refractivity (Wildman–Crippen MR) is 129 cm³/mol. The van der Waals surface area contributed by atoms with Gasteiger partial charge in [0.25, 0.3) is 0 Å². The van der Waals surface area contributed by atoms with E-state index in [1.54, 1.807) is 19.3 Å². The van der Waals surface area contributed by atoms with Crippen LogP contribution in [0.5, 0.6) is 0 Å². The Labute approximate surface area is 207 Å². The van der Waals surface area contributed by atoms with E-state index in [0.29, 0.717) is 23.8 Å². The van der Waals surface area contributed by atoms with Crippen molar-refractivity contribution in [2.45, 2.75) is 90.3 Å². The predicted octanol–water partition coefficient (Wildman–Crippen LogP) is 4.27. The van der Waals surface area contributed by atoms with E-state index in [0.717, 1.165) is 43.3 Å². The van der Waals surface area contributed by atoms with Crippen LogP contribution in [0.2, 0.25) is 0 Å². The molecule has 3 fully saturated rings. The van der Waals surface area contributed by atoms with Gasteiger partial charge in [-0.2, -0.15) is 0 Å². The third-order valence-electron chi connectivity index (χ3n) is 11.3. The molecular formula is C29H38O6. The largest absolute Gasteiger partial charge is 0.456 e. The Hall–Kier alpha value is -1.76. The van der Waals surface area contributed by atoms with E-state index in [-0.39, 0.29) is 41.4 Å². The Bertz CT molecular complexity index is 1070. The highest BCUT2D eigenvalue weighted by Gasteiger charge is 2.73. The summed E-state index contributed by atoms with van der Waals surface area (Å²) in [6, 6.07) is 0. The summed E-state index contributed by atoms with van der Waals surface area (Å²) in [5.74, 6) is 1.01. The molecule has 2 saturated carbocycles. The summed E-state index contributed by atoms with van der Waals surface area (Å²) >= 11 is 0. The zero-order chi connectivity index (χ0) is 24.9. The number of rotatable bonds is 2. The summed E-state index contributed by atoms with van der Waals surface area (Å²) in [7, 11) is 1.73. The number of carbonyl (C=O) groups is 2. The summed E-state index contributed by atoms with van der Waals surface area (Å²) in [5.41, 5.74) is 1.26. The smallest absolute Gasteiger partial charge is 0.334 e. The Morgan fingerprint density at radius 1 is 1.11 bits per heavy atom. The molecule has 4 aliphatic carbocycles. The number of ketones is 1. The number of hydrogen-bond acceptors (Lipinski definition) is 6. The molecule has 1 spiro atoms. The standard InChI is InChI=1S/C29H38O6/c1-15-14-24(34-25(32)16(15)2)28(4)22-10-8-19-17-6-7-20-21(30)9-11-23(31)27(20,3)18(17)12-13-29(19,22)26(33-5)35-28/h7,9,11,17-19,21-22,24,26,30H,6,8,10,12-14H2,1-5H3/t17?,18?,19?,21-,22?,24?,26?,27+,28+,29-/m0/s1. The van der Waals surface area contributed by atoms with Gasteiger partial charge in [0, 0.05) is 30.4 Å². The molecule has 6 heteroatoms. The maximum absolute atomic E-state index is 13.2. The maximum atomic E-state index is 13.2. The molecule has 6 aliphatic rings. The summed E-state index contributed by atoms with van der Waals surface area (Å²) in [5, 5.41) is 10.7. The van der Waals surface area contributed by atoms with Crippen LogP contribution in [0.25, 0.3) is 0 Å². The maximum Gasteiger partial charge on any atom is 0.334 e. The molecule has 6 rings (SSSR count). The van der Waals surface area contributed by atoms with Gasteiger partial charge in [-0.3, -0.25) is 4.79 Å². The minimum absolute atomic E-state index is 0.122. The van der Waals surface area contributed by atoms with Gasteiger partial charge in [-0.15, -0.1) is 0 Å². The summed E-state index contributed by atoms with van der Waals surface area (Å²) in [4.78, 5) is 25.9. The second-order valence-electron chi connectivity index (χ2n) is 12.3. The van der Waals surface area contributed by atoms with E-state index in [2.05, 4.69) is 19.9 Å². The molecule has 0 radical (unpaired) electrons. The number of aliphatic hydroxyl groups excluding tert-OH is 1. The molecule has 2 aliphatic heterocycles. The fourth-order valence-corrected chi connectivity index (χ4v) is 9.41. The van der Waals surface area contributed by atoms with E-state index in [1.165, 1.54) is 0 Å². The van der Waals surface area contributed by atoms with Crippen LogP contribution >= 0.6 is 0 Å². The van der Waals surface area contributed by atoms with Crippen LogP contribution in [0, 0.1) is 34.5 Å². The van der Waals surface area contributed by atoms with Gasteiger partial charge in [-0.05, 0) is 95.3 Å². The van der Waals surface area contributed by atoms with Gasteiger partial charge >= 0.3 is 5.97 Å². The second kappa shape index (κ2) is 7.62. The molecule has 1 N–H and O–H groups in total. The lowest BCUT2D eigenvalue weighted by atomic mass is 9.46. The van der Waals surface area contributed by atoms with Gasteiger partial charge < -0.3 is 19.3 Å². The zero-order valence-corrected chi connectivity index (χ0v) is 21.5. The third kappa shape index (κ3) is 2.82. The van der Waals surface area contributed by atoms with Crippen molar-refractivity contribution in [2.75, 3.05) is 7.11 Å². The molecule has 0 aromatic rings. The van der Waals surface area contributed by atoms with Crippen molar-refractivity contribution in [3.63, 3.8) is 0 Å². The average Bonchev–Trinajstić information content (AvgIpc) is 3.34. The fourth-order valence-electron chi connectivity index (χ4n) is 9.41. The van der Waals surface area contributed by atoms with Crippen molar-refractivity contribution in [3.05, 3.63) is 34.9 Å². The van der Waals surface area contributed by atoms with Gasteiger partial charge in [-0.25, -0.2) is 4.79 Å². The number of cyclic esters (lactones) is 1. The molecule has 0 bridgehead atoms. The Balaban J connectivity index is 1.38. The SMILES string of the molecule is COC1O[C@@](C)(C2CC(C)=C(C)C(=O)O2)C2CCC3C4CC=C5[C@@H](O)C=CC(=O)[C@]5(C)C4CC[C@]132. The van der Waals surface area contributed by atoms with E-state index in [9.17, 15) is 14.7 Å². The first-order valence-corrected chi connectivity index (χ1v) is 13.3. The lowest BCUT2D eigenvalue weighted by Gasteiger charge is -2.57. The van der Waals surface area contributed by atoms with Gasteiger partial charge in [0.2, 0.25) is 0 Å². The highest BCUT2D eigenvalue weighted by molar-refractivity contribution is 5.99. The van der Waals surface area contributed by atoms with Crippen LogP contribution < -0.4 is 0 Å². The zero-order valence-electron chi connectivity index (χ0n) is 21.5. The lowest BCUT2D eigenvalue weighted by molar-refractivity contribution is -0.226. The fraction of sp³-hybridized carbons (Fsp3) is 0.724. The summed E-state index contributed by atoms with van der Waals surface area (Å²) in [6.07, 6.45) is 9.47. The minimum Gasteiger partial charge on any atom is -0.456 e. The number of methoxy groups -OCH3 is 1. The van der Waals surface area contributed by atoms with Gasteiger partial charge in [-0.1, -0.05) is 11.6 Å². The number of fused-ring (bicyclic) bond motifs is 4. The molecular weight excluding hydrogens is 444 g/mol. The summed E-state index contributed by atoms with van der Waals surface area (Å²) in [6.45, 7) is 8.04. The van der Waals surface area contributed by atoms with Gasteiger partial charge in [0.15, 0.2) is 12.1 Å². The van der Waals surface area contributed by atoms with Crippen LogP contribution in [-0.4, -0.2) is 48.1 Å². The topological polar surface area (TPSA) is 82.1 Å². The Morgan fingerprint density at radius 2 is 1.89 bits per heavy atom. The van der Waals surface area contributed by atoms with Gasteiger partial charge in [0.05, 0.1) is 11.5 Å². The van der Waals surface area contributed by atoms with Crippen LogP contribution in [0.1, 0.15) is 66.2 Å². The number of carbonyl (C=O) groups excluding carboxylic acids is 2. The first-order valence-electron chi connectivity index (χ1n) is 13.3. The van der Waals surface area contributed by atoms with Crippen molar-refractivity contribution in [1.82, 2.24) is 0 Å². The van der Waals surface area contributed by atoms with E-state index < -0.39 is 17.1 Å². The molecule has 0 aromatic carbocycles. The highest BCUT2D eigenvalue weighted by atomic mass is 16.7. The third-order valence-corrected chi connectivity index (χ3v) is 11.3. The van der Waals surface area contributed by atoms with Crippen molar-refractivity contribution in [3.8, 4) is 0 Å². The quantitative estimate of drug-likeness (QED) is 0.468. The van der Waals surface area contributed by atoms with Crippen LogP contribution in [0.3, 0.4) is 0 Å². The minimum atomic E-state index is -0.670. The van der Waals surface area contributed by atoms with Crippen LogP contribution in [0.15, 0.2) is 34.9 Å². The molecule has 1 saturated heterocycles. The number of hydrogen-bond donors (Lipinski definition) is 1. The van der Waals surface area contributed by atoms with Crippen molar-refractivity contribution in [2.24, 2.45) is 34.5 Å². The van der Waals surface area contributed by atoms with E-state index in [1.807, 2.05) is 13.8 Å². The summed E-state index contributed by atoms with van der Waals surface area (Å²) < 4.78 is 18.9. The number of ether oxygens (including phenoxy) is 3. The van der Waals surface area contributed by atoms with Crippen molar-refractivity contribution in [1.29, 1.82) is 0 Å². The van der Waals surface area contributed by atoms with Crippen LogP contribution in [-0.2, 0) is 23.8 Å². The lowest BCUT2D eigenvalue weighted by Crippen LogP contribution is -2.56. The molecule has 6 unspecified atom stereocenters. The Morgan fingerprint density at radius 3 is 2.60 bits per heavy atom. The Kier molecular flexibility index (Phi) is 5.15. The average molecular weight is 483 g/mol. The molecule has 10 atom stereocenters. The molecule has 0 aromatic heterocycles.